The Morgan fingerprint density at radius 1 is 1.38 bits per heavy atom. The van der Waals surface area contributed by atoms with Crippen molar-refractivity contribution in [3.05, 3.63) is 18.2 Å². The SMILES string of the molecule is CN1C(=O)COc2cc(N3C[C@H](C(N)=O)OC3=O)ccc21. The lowest BCUT2D eigenvalue weighted by molar-refractivity contribution is -0.124. The first-order valence-electron chi connectivity index (χ1n) is 6.28. The molecule has 2 aliphatic heterocycles. The van der Waals surface area contributed by atoms with Gasteiger partial charge in [0.2, 0.25) is 0 Å². The molecule has 1 aromatic carbocycles. The molecule has 110 valence electrons. The van der Waals surface area contributed by atoms with Crippen LogP contribution in [0.15, 0.2) is 18.2 Å². The number of carbonyl (C=O) groups is 3. The Hall–Kier alpha value is -2.77. The highest BCUT2D eigenvalue weighted by molar-refractivity contribution is 5.99. The predicted molar refractivity (Wildman–Crippen MR) is 72.2 cm³/mol. The summed E-state index contributed by atoms with van der Waals surface area (Å²) < 4.78 is 10.2. The summed E-state index contributed by atoms with van der Waals surface area (Å²) in [6, 6.07) is 4.96. The van der Waals surface area contributed by atoms with Gasteiger partial charge in [0.1, 0.15) is 5.75 Å². The van der Waals surface area contributed by atoms with E-state index in [1.54, 1.807) is 25.2 Å². The maximum Gasteiger partial charge on any atom is 0.415 e. The summed E-state index contributed by atoms with van der Waals surface area (Å²) in [4.78, 5) is 37.2. The average Bonchev–Trinajstić information content (AvgIpc) is 2.85. The summed E-state index contributed by atoms with van der Waals surface area (Å²) in [5, 5.41) is 0. The minimum Gasteiger partial charge on any atom is -0.481 e. The van der Waals surface area contributed by atoms with Crippen molar-refractivity contribution in [1.29, 1.82) is 0 Å². The van der Waals surface area contributed by atoms with Gasteiger partial charge in [-0.15, -0.1) is 0 Å². The number of anilines is 2. The first-order chi connectivity index (χ1) is 9.97. The highest BCUT2D eigenvalue weighted by atomic mass is 16.6. The fraction of sp³-hybridized carbons (Fsp3) is 0.308. The molecular weight excluding hydrogens is 278 g/mol. The van der Waals surface area contributed by atoms with E-state index in [1.807, 2.05) is 0 Å². The molecule has 0 spiro atoms. The normalized spacial score (nSPS) is 20.9. The zero-order valence-corrected chi connectivity index (χ0v) is 11.2. The topological polar surface area (TPSA) is 102 Å². The van der Waals surface area contributed by atoms with Crippen molar-refractivity contribution in [3.63, 3.8) is 0 Å². The summed E-state index contributed by atoms with van der Waals surface area (Å²) >= 11 is 0. The molecule has 0 aliphatic carbocycles. The van der Waals surface area contributed by atoms with Gasteiger partial charge in [0.25, 0.3) is 11.8 Å². The van der Waals surface area contributed by atoms with E-state index < -0.39 is 18.1 Å². The van der Waals surface area contributed by atoms with Crippen molar-refractivity contribution >= 4 is 29.3 Å². The number of fused-ring (bicyclic) bond motifs is 1. The van der Waals surface area contributed by atoms with Gasteiger partial charge in [0.05, 0.1) is 17.9 Å². The number of rotatable bonds is 2. The summed E-state index contributed by atoms with van der Waals surface area (Å²) in [5.74, 6) is -0.347. The molecule has 3 amide bonds. The molecule has 2 N–H and O–H groups in total. The van der Waals surface area contributed by atoms with Crippen LogP contribution < -0.4 is 20.3 Å². The van der Waals surface area contributed by atoms with Crippen LogP contribution in [0.4, 0.5) is 16.2 Å². The summed E-state index contributed by atoms with van der Waals surface area (Å²) in [6.45, 7) is 0.00301. The monoisotopic (exact) mass is 291 g/mol. The Kier molecular flexibility index (Phi) is 2.93. The second-order valence-corrected chi connectivity index (χ2v) is 4.78. The largest absolute Gasteiger partial charge is 0.481 e. The Morgan fingerprint density at radius 3 is 2.81 bits per heavy atom. The number of ether oxygens (including phenoxy) is 2. The second-order valence-electron chi connectivity index (χ2n) is 4.78. The Morgan fingerprint density at radius 2 is 2.14 bits per heavy atom. The fourth-order valence-electron chi connectivity index (χ4n) is 2.26. The van der Waals surface area contributed by atoms with Crippen LogP contribution in [0.1, 0.15) is 0 Å². The van der Waals surface area contributed by atoms with Gasteiger partial charge in [-0.3, -0.25) is 14.5 Å². The summed E-state index contributed by atoms with van der Waals surface area (Å²) in [7, 11) is 1.65. The Bertz CT molecular complexity index is 645. The fourth-order valence-corrected chi connectivity index (χ4v) is 2.26. The third-order valence-electron chi connectivity index (χ3n) is 3.47. The molecule has 1 atom stereocenters. The van der Waals surface area contributed by atoms with Gasteiger partial charge >= 0.3 is 6.09 Å². The van der Waals surface area contributed by atoms with Crippen LogP contribution >= 0.6 is 0 Å². The number of nitrogens with zero attached hydrogens (tertiary/aromatic N) is 2. The minimum absolute atomic E-state index is 0.0543. The number of amides is 3. The van der Waals surface area contributed by atoms with Gasteiger partial charge < -0.3 is 20.1 Å². The van der Waals surface area contributed by atoms with Crippen LogP contribution in [0, 0.1) is 0 Å². The molecule has 1 aromatic rings. The van der Waals surface area contributed by atoms with Crippen LogP contribution in [0.25, 0.3) is 0 Å². The Labute approximate surface area is 120 Å². The van der Waals surface area contributed by atoms with Gasteiger partial charge in [0.15, 0.2) is 12.7 Å². The lowest BCUT2D eigenvalue weighted by Gasteiger charge is -2.27. The van der Waals surface area contributed by atoms with E-state index in [1.165, 1.54) is 9.80 Å². The molecule has 2 aliphatic rings. The second kappa shape index (κ2) is 4.65. The van der Waals surface area contributed by atoms with Gasteiger partial charge in [-0.25, -0.2) is 4.79 Å². The van der Waals surface area contributed by atoms with Crippen molar-refractivity contribution in [1.82, 2.24) is 0 Å². The van der Waals surface area contributed by atoms with E-state index in [4.69, 9.17) is 15.2 Å². The molecule has 0 saturated carbocycles. The van der Waals surface area contributed by atoms with Crippen LogP contribution in [-0.4, -0.2) is 44.2 Å². The standard InChI is InChI=1S/C13H13N3O5/c1-15-8-3-2-7(4-9(8)20-6-11(15)17)16-5-10(12(14)18)21-13(16)19/h2-4,10H,5-6H2,1H3,(H2,14,18)/t10-/m1/s1. The number of hydrogen-bond donors (Lipinski definition) is 1. The lowest BCUT2D eigenvalue weighted by atomic mass is 10.2. The van der Waals surface area contributed by atoms with Crippen molar-refractivity contribution in [3.8, 4) is 5.75 Å². The highest BCUT2D eigenvalue weighted by Crippen LogP contribution is 2.35. The molecular formula is C13H13N3O5. The van der Waals surface area contributed by atoms with E-state index in [-0.39, 0.29) is 19.1 Å². The van der Waals surface area contributed by atoms with Crippen LogP contribution in [0.3, 0.4) is 0 Å². The molecule has 21 heavy (non-hydrogen) atoms. The van der Waals surface area contributed by atoms with E-state index >= 15 is 0 Å². The zero-order chi connectivity index (χ0) is 15.1. The molecule has 8 nitrogen and oxygen atoms in total. The average molecular weight is 291 g/mol. The maximum absolute atomic E-state index is 11.8. The van der Waals surface area contributed by atoms with Crippen molar-refractivity contribution < 1.29 is 23.9 Å². The lowest BCUT2D eigenvalue weighted by Crippen LogP contribution is -2.35. The zero-order valence-electron chi connectivity index (χ0n) is 11.2. The number of carbonyl (C=O) groups excluding carboxylic acids is 3. The maximum atomic E-state index is 11.8. The number of nitrogens with two attached hydrogens (primary N) is 1. The number of hydrogen-bond acceptors (Lipinski definition) is 5. The number of likely N-dealkylation sites (N-methyl/N-ethyl adjacent to an activating group) is 1. The number of cyclic esters (lactones) is 1. The van der Waals surface area contributed by atoms with Gasteiger partial charge in [-0.1, -0.05) is 0 Å². The van der Waals surface area contributed by atoms with E-state index in [2.05, 4.69) is 0 Å². The summed E-state index contributed by atoms with van der Waals surface area (Å²) in [5.41, 5.74) is 6.27. The van der Waals surface area contributed by atoms with E-state index in [9.17, 15) is 14.4 Å². The van der Waals surface area contributed by atoms with Gasteiger partial charge in [-0.05, 0) is 12.1 Å². The molecule has 1 saturated heterocycles. The van der Waals surface area contributed by atoms with Crippen LogP contribution in [-0.2, 0) is 14.3 Å². The van der Waals surface area contributed by atoms with E-state index in [0.717, 1.165) is 0 Å². The van der Waals surface area contributed by atoms with Crippen LogP contribution in [0.2, 0.25) is 0 Å². The first kappa shape index (κ1) is 13.2. The quantitative estimate of drug-likeness (QED) is 0.816. The predicted octanol–water partition coefficient (Wildman–Crippen LogP) is -0.148. The molecule has 0 unspecified atom stereocenters. The van der Waals surface area contributed by atoms with Crippen molar-refractivity contribution in [2.45, 2.75) is 6.10 Å². The first-order valence-corrected chi connectivity index (χ1v) is 6.28. The molecule has 1 fully saturated rings. The number of primary amides is 1. The van der Waals surface area contributed by atoms with Gasteiger partial charge in [0, 0.05) is 13.1 Å². The minimum atomic E-state index is -0.960. The van der Waals surface area contributed by atoms with Crippen LogP contribution in [0.5, 0.6) is 5.75 Å². The smallest absolute Gasteiger partial charge is 0.415 e. The van der Waals surface area contributed by atoms with E-state index in [0.29, 0.717) is 17.1 Å². The molecule has 0 bridgehead atoms. The molecule has 2 heterocycles. The highest BCUT2D eigenvalue weighted by Gasteiger charge is 2.36. The molecule has 0 radical (unpaired) electrons. The Balaban J connectivity index is 1.90. The molecule has 8 heteroatoms. The molecule has 3 rings (SSSR count). The van der Waals surface area contributed by atoms with Crippen molar-refractivity contribution in [2.24, 2.45) is 5.73 Å². The molecule has 0 aromatic heterocycles. The number of benzene rings is 1. The van der Waals surface area contributed by atoms with Gasteiger partial charge in [-0.2, -0.15) is 0 Å². The third-order valence-corrected chi connectivity index (χ3v) is 3.47. The van der Waals surface area contributed by atoms with Crippen molar-refractivity contribution in [2.75, 3.05) is 30.0 Å². The third kappa shape index (κ3) is 2.14. The summed E-state index contributed by atoms with van der Waals surface area (Å²) in [6.07, 6.45) is -1.60.